The van der Waals surface area contributed by atoms with E-state index >= 15 is 0 Å². The van der Waals surface area contributed by atoms with Crippen LogP contribution in [0.5, 0.6) is 0 Å². The van der Waals surface area contributed by atoms with Crippen molar-refractivity contribution in [2.75, 3.05) is 11.9 Å². The fourth-order valence-electron chi connectivity index (χ4n) is 3.48. The monoisotopic (exact) mass is 362 g/mol. The van der Waals surface area contributed by atoms with Crippen molar-refractivity contribution in [1.29, 1.82) is 0 Å². The molecule has 2 heterocycles. The normalized spacial score (nSPS) is 16.5. The number of benzene rings is 2. The Morgan fingerprint density at radius 1 is 1.19 bits per heavy atom. The maximum Gasteiger partial charge on any atom is 0.322 e. The van der Waals surface area contributed by atoms with E-state index in [2.05, 4.69) is 22.4 Å². The molecule has 0 saturated carbocycles. The van der Waals surface area contributed by atoms with Crippen LogP contribution in [0, 0.1) is 0 Å². The van der Waals surface area contributed by atoms with Crippen molar-refractivity contribution in [1.82, 2.24) is 15.0 Å². The van der Waals surface area contributed by atoms with Crippen molar-refractivity contribution in [2.24, 2.45) is 0 Å². The Kier molecular flexibility index (Phi) is 4.87. The van der Waals surface area contributed by atoms with Gasteiger partial charge in [-0.15, -0.1) is 0 Å². The van der Waals surface area contributed by atoms with Crippen LogP contribution in [-0.2, 0) is 6.42 Å². The van der Waals surface area contributed by atoms with E-state index in [-0.39, 0.29) is 12.1 Å². The van der Waals surface area contributed by atoms with Crippen LogP contribution in [0.25, 0.3) is 11.4 Å². The average molecular weight is 362 g/mol. The third-order valence-electron chi connectivity index (χ3n) is 4.91. The summed E-state index contributed by atoms with van der Waals surface area (Å²) >= 11 is 0. The minimum atomic E-state index is -0.191. The first-order valence-electron chi connectivity index (χ1n) is 9.31. The Bertz CT molecular complexity index is 923. The van der Waals surface area contributed by atoms with Gasteiger partial charge in [-0.05, 0) is 30.9 Å². The van der Waals surface area contributed by atoms with Crippen molar-refractivity contribution in [3.05, 3.63) is 66.1 Å². The zero-order valence-electron chi connectivity index (χ0n) is 15.3. The number of amides is 2. The molecule has 0 spiro atoms. The van der Waals surface area contributed by atoms with E-state index in [0.29, 0.717) is 18.3 Å². The highest BCUT2D eigenvalue weighted by atomic mass is 16.5. The quantitative estimate of drug-likeness (QED) is 0.732. The number of carbonyl (C=O) groups is 1. The SMILES string of the molecule is CCc1ccccc1NC(=O)N1CCCC1c1nc(-c2ccccc2)no1. The number of rotatable bonds is 4. The molecule has 1 fully saturated rings. The number of hydrogen-bond donors (Lipinski definition) is 1. The number of likely N-dealkylation sites (tertiary alicyclic amines) is 1. The predicted molar refractivity (Wildman–Crippen MR) is 103 cm³/mol. The van der Waals surface area contributed by atoms with E-state index in [4.69, 9.17) is 4.52 Å². The molecular weight excluding hydrogens is 340 g/mol. The summed E-state index contributed by atoms with van der Waals surface area (Å²) in [7, 11) is 0. The first-order valence-corrected chi connectivity index (χ1v) is 9.31. The zero-order chi connectivity index (χ0) is 18.6. The summed E-state index contributed by atoms with van der Waals surface area (Å²) in [6, 6.07) is 17.3. The molecule has 6 heteroatoms. The molecular formula is C21H22N4O2. The summed E-state index contributed by atoms with van der Waals surface area (Å²) in [5.74, 6) is 1.04. The summed E-state index contributed by atoms with van der Waals surface area (Å²) in [4.78, 5) is 19.2. The topological polar surface area (TPSA) is 71.3 Å². The maximum atomic E-state index is 12.9. The van der Waals surface area contributed by atoms with Crippen LogP contribution in [-0.4, -0.2) is 27.6 Å². The van der Waals surface area contributed by atoms with Gasteiger partial charge in [0.1, 0.15) is 6.04 Å². The molecule has 0 radical (unpaired) electrons. The van der Waals surface area contributed by atoms with Crippen LogP contribution in [0.3, 0.4) is 0 Å². The molecule has 1 unspecified atom stereocenters. The molecule has 2 aromatic carbocycles. The fraction of sp³-hybridized carbons (Fsp3) is 0.286. The summed E-state index contributed by atoms with van der Waals surface area (Å²) < 4.78 is 5.50. The zero-order valence-corrected chi connectivity index (χ0v) is 15.3. The van der Waals surface area contributed by atoms with Crippen molar-refractivity contribution in [2.45, 2.75) is 32.2 Å². The van der Waals surface area contributed by atoms with Gasteiger partial charge < -0.3 is 14.7 Å². The molecule has 0 aliphatic carbocycles. The van der Waals surface area contributed by atoms with Crippen LogP contribution in [0.15, 0.2) is 59.1 Å². The molecule has 138 valence electrons. The number of nitrogens with zero attached hydrogens (tertiary/aromatic N) is 3. The average Bonchev–Trinajstić information content (AvgIpc) is 3.38. The van der Waals surface area contributed by atoms with E-state index in [0.717, 1.165) is 36.1 Å². The van der Waals surface area contributed by atoms with Crippen LogP contribution in [0.4, 0.5) is 10.5 Å². The molecule has 1 saturated heterocycles. The van der Waals surface area contributed by atoms with E-state index in [9.17, 15) is 4.79 Å². The highest BCUT2D eigenvalue weighted by Crippen LogP contribution is 2.32. The minimum Gasteiger partial charge on any atom is -0.337 e. The number of aryl methyl sites for hydroxylation is 1. The standard InChI is InChI=1S/C21H22N4O2/c1-2-15-9-6-7-12-17(15)22-21(26)25-14-8-13-18(25)20-23-19(24-27-20)16-10-4-3-5-11-16/h3-7,9-12,18H,2,8,13-14H2,1H3,(H,22,26). The Morgan fingerprint density at radius 3 is 2.78 bits per heavy atom. The van der Waals surface area contributed by atoms with Gasteiger partial charge in [0.05, 0.1) is 0 Å². The lowest BCUT2D eigenvalue weighted by Gasteiger charge is -2.23. The second-order valence-corrected chi connectivity index (χ2v) is 6.61. The number of hydrogen-bond acceptors (Lipinski definition) is 4. The molecule has 1 aromatic heterocycles. The number of aromatic nitrogens is 2. The lowest BCUT2D eigenvalue weighted by molar-refractivity contribution is 0.193. The number of anilines is 1. The van der Waals surface area contributed by atoms with Gasteiger partial charge >= 0.3 is 6.03 Å². The van der Waals surface area contributed by atoms with E-state index < -0.39 is 0 Å². The molecule has 6 nitrogen and oxygen atoms in total. The Morgan fingerprint density at radius 2 is 1.96 bits per heavy atom. The highest BCUT2D eigenvalue weighted by Gasteiger charge is 2.34. The van der Waals surface area contributed by atoms with Crippen LogP contribution >= 0.6 is 0 Å². The van der Waals surface area contributed by atoms with Gasteiger partial charge in [0, 0.05) is 17.8 Å². The number of para-hydroxylation sites is 1. The fourth-order valence-corrected chi connectivity index (χ4v) is 3.48. The molecule has 1 aliphatic heterocycles. The molecule has 1 atom stereocenters. The van der Waals surface area contributed by atoms with Gasteiger partial charge in [-0.3, -0.25) is 0 Å². The second-order valence-electron chi connectivity index (χ2n) is 6.61. The number of carbonyl (C=O) groups excluding carboxylic acids is 1. The van der Waals surface area contributed by atoms with Gasteiger partial charge in [0.2, 0.25) is 11.7 Å². The molecule has 2 amide bonds. The van der Waals surface area contributed by atoms with Crippen LogP contribution < -0.4 is 5.32 Å². The van der Waals surface area contributed by atoms with Gasteiger partial charge in [-0.1, -0.05) is 60.6 Å². The molecule has 3 aromatic rings. The van der Waals surface area contributed by atoms with E-state index in [1.807, 2.05) is 54.6 Å². The highest BCUT2D eigenvalue weighted by molar-refractivity contribution is 5.90. The van der Waals surface area contributed by atoms with Gasteiger partial charge in [0.25, 0.3) is 0 Å². The smallest absolute Gasteiger partial charge is 0.322 e. The Hall–Kier alpha value is -3.15. The molecule has 4 rings (SSSR count). The molecule has 27 heavy (non-hydrogen) atoms. The molecule has 0 bridgehead atoms. The molecule has 1 N–H and O–H groups in total. The van der Waals surface area contributed by atoms with E-state index in [1.54, 1.807) is 4.90 Å². The third kappa shape index (κ3) is 3.56. The number of nitrogens with one attached hydrogen (secondary N) is 1. The first kappa shape index (κ1) is 17.3. The van der Waals surface area contributed by atoms with Gasteiger partial charge in [-0.25, -0.2) is 4.79 Å². The molecule has 1 aliphatic rings. The third-order valence-corrected chi connectivity index (χ3v) is 4.91. The number of urea groups is 1. The van der Waals surface area contributed by atoms with Crippen molar-refractivity contribution < 1.29 is 9.32 Å². The van der Waals surface area contributed by atoms with Crippen molar-refractivity contribution >= 4 is 11.7 Å². The van der Waals surface area contributed by atoms with Crippen molar-refractivity contribution in [3.8, 4) is 11.4 Å². The van der Waals surface area contributed by atoms with Crippen LogP contribution in [0.2, 0.25) is 0 Å². The summed E-state index contributed by atoms with van der Waals surface area (Å²) in [6.07, 6.45) is 2.60. The largest absolute Gasteiger partial charge is 0.337 e. The summed E-state index contributed by atoms with van der Waals surface area (Å²) in [6.45, 7) is 2.75. The Balaban J connectivity index is 1.52. The lowest BCUT2D eigenvalue weighted by atomic mass is 10.1. The Labute approximate surface area is 158 Å². The lowest BCUT2D eigenvalue weighted by Crippen LogP contribution is -2.34. The van der Waals surface area contributed by atoms with Crippen molar-refractivity contribution in [3.63, 3.8) is 0 Å². The van der Waals surface area contributed by atoms with Crippen LogP contribution in [0.1, 0.15) is 37.3 Å². The second kappa shape index (κ2) is 7.61. The predicted octanol–water partition coefficient (Wildman–Crippen LogP) is 4.67. The van der Waals surface area contributed by atoms with Gasteiger partial charge in [0.15, 0.2) is 0 Å². The maximum absolute atomic E-state index is 12.9. The minimum absolute atomic E-state index is 0.127. The van der Waals surface area contributed by atoms with Gasteiger partial charge in [-0.2, -0.15) is 4.98 Å². The van der Waals surface area contributed by atoms with E-state index in [1.165, 1.54) is 0 Å². The summed E-state index contributed by atoms with van der Waals surface area (Å²) in [5, 5.41) is 7.13. The summed E-state index contributed by atoms with van der Waals surface area (Å²) in [5.41, 5.74) is 2.87. The first-order chi connectivity index (χ1) is 13.3.